The molecule has 2 fully saturated rings. The molecule has 1 aromatic rings. The van der Waals surface area contributed by atoms with Gasteiger partial charge in [0.2, 0.25) is 0 Å². The summed E-state index contributed by atoms with van der Waals surface area (Å²) >= 11 is 0. The number of nitrogens with zero attached hydrogens (tertiary/aromatic N) is 1. The van der Waals surface area contributed by atoms with E-state index in [1.165, 1.54) is 0 Å². The number of Topliss-reactive ketones (excluding diaryl/α,β-unsaturated/α-hetero) is 1. The number of carbonyl (C=O) groups excluding carboxylic acids is 2. The van der Waals surface area contributed by atoms with Gasteiger partial charge in [0.25, 0.3) is 0 Å². The van der Waals surface area contributed by atoms with E-state index in [1.54, 1.807) is 25.7 Å². The molecule has 0 aromatic heterocycles. The Balaban J connectivity index is 1.78. The van der Waals surface area contributed by atoms with Crippen molar-refractivity contribution in [2.24, 2.45) is 5.92 Å². The van der Waals surface area contributed by atoms with E-state index in [-0.39, 0.29) is 12.1 Å². The van der Waals surface area contributed by atoms with Gasteiger partial charge in [-0.1, -0.05) is 6.07 Å². The fraction of sp³-hybridized carbons (Fsp3) is 0.600. The number of halogens is 4. The van der Waals surface area contributed by atoms with Crippen LogP contribution in [0, 0.1) is 11.7 Å². The second-order valence-corrected chi connectivity index (χ2v) is 8.47. The second-order valence-electron chi connectivity index (χ2n) is 8.47. The Morgan fingerprint density at radius 3 is 2.14 bits per heavy atom. The van der Waals surface area contributed by atoms with Gasteiger partial charge in [0.05, 0.1) is 11.1 Å². The van der Waals surface area contributed by atoms with E-state index in [9.17, 15) is 27.2 Å². The van der Waals surface area contributed by atoms with Gasteiger partial charge in [-0.15, -0.1) is 0 Å². The zero-order chi connectivity index (χ0) is 20.9. The predicted molar refractivity (Wildman–Crippen MR) is 93.3 cm³/mol. The highest BCUT2D eigenvalue weighted by atomic mass is 19.4. The van der Waals surface area contributed by atoms with E-state index < -0.39 is 46.5 Å². The standard InChI is InChI=1S/C20H23F4NO3/c1-19(2,3)28-18(27)25-12-7-8-13(25)10-11(9-12)17(26)14-5-4-6-15(16(14)21)20(22,23)24/h4-6,11-13H,7-10H2,1-3H3. The lowest BCUT2D eigenvalue weighted by atomic mass is 9.84. The van der Waals surface area contributed by atoms with E-state index in [2.05, 4.69) is 0 Å². The van der Waals surface area contributed by atoms with Crippen LogP contribution in [0.4, 0.5) is 22.4 Å². The van der Waals surface area contributed by atoms with Gasteiger partial charge in [0.15, 0.2) is 5.78 Å². The molecule has 154 valence electrons. The molecule has 8 heteroatoms. The van der Waals surface area contributed by atoms with Gasteiger partial charge in [-0.3, -0.25) is 4.79 Å². The minimum Gasteiger partial charge on any atom is -0.444 e. The van der Waals surface area contributed by atoms with E-state index >= 15 is 0 Å². The quantitative estimate of drug-likeness (QED) is 0.505. The van der Waals surface area contributed by atoms with Gasteiger partial charge in [0, 0.05) is 18.0 Å². The third-order valence-electron chi connectivity index (χ3n) is 5.28. The molecule has 3 rings (SSSR count). The SMILES string of the molecule is CC(C)(C)OC(=O)N1C2CCC1CC(C(=O)c1cccc(C(F)(F)F)c1F)C2. The van der Waals surface area contributed by atoms with Gasteiger partial charge >= 0.3 is 12.3 Å². The van der Waals surface area contributed by atoms with Crippen molar-refractivity contribution in [2.45, 2.75) is 70.3 Å². The number of benzene rings is 1. The zero-order valence-electron chi connectivity index (χ0n) is 16.0. The summed E-state index contributed by atoms with van der Waals surface area (Å²) in [5.74, 6) is -2.78. The van der Waals surface area contributed by atoms with Crippen molar-refractivity contribution >= 4 is 11.9 Å². The topological polar surface area (TPSA) is 46.6 Å². The first-order chi connectivity index (χ1) is 12.9. The van der Waals surface area contributed by atoms with E-state index in [1.807, 2.05) is 0 Å². The number of ether oxygens (including phenoxy) is 1. The van der Waals surface area contributed by atoms with Gasteiger partial charge in [0.1, 0.15) is 11.4 Å². The molecular formula is C20H23F4NO3. The van der Waals surface area contributed by atoms with E-state index in [0.717, 1.165) is 12.1 Å². The Labute approximate surface area is 160 Å². The minimum absolute atomic E-state index is 0.226. The first-order valence-electron chi connectivity index (χ1n) is 9.29. The minimum atomic E-state index is -4.86. The molecule has 0 saturated carbocycles. The number of fused-ring (bicyclic) bond motifs is 2. The molecule has 2 aliphatic heterocycles. The Kier molecular flexibility index (Phi) is 5.18. The number of carbonyl (C=O) groups is 2. The van der Waals surface area contributed by atoms with Crippen LogP contribution in [0.15, 0.2) is 18.2 Å². The average Bonchev–Trinajstić information content (AvgIpc) is 2.82. The van der Waals surface area contributed by atoms with Crippen molar-refractivity contribution in [3.8, 4) is 0 Å². The smallest absolute Gasteiger partial charge is 0.419 e. The summed E-state index contributed by atoms with van der Waals surface area (Å²) in [5, 5.41) is 0. The lowest BCUT2D eigenvalue weighted by Crippen LogP contribution is -2.49. The Morgan fingerprint density at radius 2 is 1.64 bits per heavy atom. The van der Waals surface area contributed by atoms with Crippen LogP contribution in [0.5, 0.6) is 0 Å². The first-order valence-corrected chi connectivity index (χ1v) is 9.29. The normalized spacial score (nSPS) is 25.0. The maximum absolute atomic E-state index is 14.3. The van der Waals surface area contributed by atoms with Crippen molar-refractivity contribution in [3.63, 3.8) is 0 Å². The molecule has 0 radical (unpaired) electrons. The number of rotatable bonds is 2. The highest BCUT2D eigenvalue weighted by molar-refractivity contribution is 5.98. The predicted octanol–water partition coefficient (Wildman–Crippen LogP) is 5.21. The van der Waals surface area contributed by atoms with Crippen molar-refractivity contribution in [1.82, 2.24) is 4.90 Å². The summed E-state index contributed by atoms with van der Waals surface area (Å²) in [7, 11) is 0. The number of hydrogen-bond donors (Lipinski definition) is 0. The van der Waals surface area contributed by atoms with Crippen molar-refractivity contribution in [3.05, 3.63) is 35.1 Å². The van der Waals surface area contributed by atoms with Gasteiger partial charge in [-0.05, 0) is 58.6 Å². The molecule has 0 spiro atoms. The van der Waals surface area contributed by atoms with Crippen LogP contribution in [-0.4, -0.2) is 34.5 Å². The third kappa shape index (κ3) is 4.00. The van der Waals surface area contributed by atoms with Crippen LogP contribution in [0.1, 0.15) is 62.4 Å². The molecule has 2 unspecified atom stereocenters. The maximum Gasteiger partial charge on any atom is 0.419 e. The lowest BCUT2D eigenvalue weighted by Gasteiger charge is -2.39. The Morgan fingerprint density at radius 1 is 1.07 bits per heavy atom. The molecule has 2 bridgehead atoms. The number of hydrogen-bond acceptors (Lipinski definition) is 3. The largest absolute Gasteiger partial charge is 0.444 e. The molecule has 2 atom stereocenters. The van der Waals surface area contributed by atoms with Crippen LogP contribution in [-0.2, 0) is 10.9 Å². The first kappa shape index (κ1) is 20.6. The number of amides is 1. The Bertz CT molecular complexity index is 771. The highest BCUT2D eigenvalue weighted by Gasteiger charge is 2.47. The molecule has 28 heavy (non-hydrogen) atoms. The summed E-state index contributed by atoms with van der Waals surface area (Å²) < 4.78 is 58.6. The molecule has 2 heterocycles. The van der Waals surface area contributed by atoms with Gasteiger partial charge in [-0.2, -0.15) is 13.2 Å². The van der Waals surface area contributed by atoms with Crippen molar-refractivity contribution < 1.29 is 31.9 Å². The highest BCUT2D eigenvalue weighted by Crippen LogP contribution is 2.41. The summed E-state index contributed by atoms with van der Waals surface area (Å²) in [6.07, 6.45) is -3.33. The van der Waals surface area contributed by atoms with Crippen molar-refractivity contribution in [2.75, 3.05) is 0 Å². The average molecular weight is 401 g/mol. The molecule has 4 nitrogen and oxygen atoms in total. The van der Waals surface area contributed by atoms with E-state index in [4.69, 9.17) is 4.74 Å². The van der Waals surface area contributed by atoms with Crippen LogP contribution >= 0.6 is 0 Å². The van der Waals surface area contributed by atoms with Crippen LogP contribution in [0.3, 0.4) is 0 Å². The molecule has 0 N–H and O–H groups in total. The summed E-state index contributed by atoms with van der Waals surface area (Å²) in [6, 6.07) is 2.31. The molecule has 1 amide bonds. The van der Waals surface area contributed by atoms with Gasteiger partial charge < -0.3 is 9.64 Å². The fourth-order valence-electron chi connectivity index (χ4n) is 4.16. The van der Waals surface area contributed by atoms with Gasteiger partial charge in [-0.25, -0.2) is 9.18 Å². The second kappa shape index (κ2) is 7.04. The van der Waals surface area contributed by atoms with Crippen LogP contribution in [0.25, 0.3) is 0 Å². The molecule has 2 saturated heterocycles. The zero-order valence-corrected chi connectivity index (χ0v) is 16.0. The van der Waals surface area contributed by atoms with Crippen molar-refractivity contribution in [1.29, 1.82) is 0 Å². The molecule has 0 aliphatic carbocycles. The fourth-order valence-corrected chi connectivity index (χ4v) is 4.16. The van der Waals surface area contributed by atoms with Crippen LogP contribution in [0.2, 0.25) is 0 Å². The summed E-state index contributed by atoms with van der Waals surface area (Å²) in [4.78, 5) is 26.9. The monoisotopic (exact) mass is 401 g/mol. The maximum atomic E-state index is 14.3. The number of ketones is 1. The summed E-state index contributed by atoms with van der Waals surface area (Å²) in [5.41, 5.74) is -2.62. The summed E-state index contributed by atoms with van der Waals surface area (Å²) in [6.45, 7) is 5.29. The number of piperidine rings is 1. The molecule has 1 aromatic carbocycles. The third-order valence-corrected chi connectivity index (χ3v) is 5.28. The molecular weight excluding hydrogens is 378 g/mol. The number of alkyl halides is 3. The van der Waals surface area contributed by atoms with Crippen LogP contribution < -0.4 is 0 Å². The Hall–Kier alpha value is -2.12. The van der Waals surface area contributed by atoms with E-state index in [0.29, 0.717) is 31.7 Å². The molecule has 2 aliphatic rings. The lowest BCUT2D eigenvalue weighted by molar-refractivity contribution is -0.140.